The first kappa shape index (κ1) is 15.4. The molecule has 6 heteroatoms. The smallest absolute Gasteiger partial charge is 0.339 e. The number of carboxylic acid groups (broad SMARTS) is 1. The van der Waals surface area contributed by atoms with Crippen molar-refractivity contribution in [3.8, 4) is 23.0 Å². The van der Waals surface area contributed by atoms with Crippen molar-refractivity contribution in [2.75, 3.05) is 0 Å². The van der Waals surface area contributed by atoms with Gasteiger partial charge in [-0.25, -0.2) is 13.9 Å². The van der Waals surface area contributed by atoms with Gasteiger partial charge in [0.15, 0.2) is 0 Å². The van der Waals surface area contributed by atoms with Crippen LogP contribution in [0, 0.1) is 24.1 Å². The summed E-state index contributed by atoms with van der Waals surface area (Å²) in [4.78, 5) is 11.7. The molecule has 0 aliphatic heterocycles. The van der Waals surface area contributed by atoms with E-state index in [1.54, 1.807) is 31.2 Å². The molecule has 2 aromatic carbocycles. The molecule has 1 heterocycles. The lowest BCUT2D eigenvalue weighted by Gasteiger charge is -2.03. The van der Waals surface area contributed by atoms with E-state index in [-0.39, 0.29) is 11.4 Å². The molecule has 1 N–H and O–H groups in total. The zero-order chi connectivity index (χ0) is 17.3. The van der Waals surface area contributed by atoms with E-state index in [2.05, 4.69) is 5.10 Å². The molecule has 0 aliphatic rings. The third kappa shape index (κ3) is 2.63. The number of hydrogen-bond acceptors (Lipinski definition) is 3. The average molecular weight is 321 g/mol. The number of aromatic carboxylic acids is 1. The zero-order valence-electron chi connectivity index (χ0n) is 12.7. The number of halogens is 1. The summed E-state index contributed by atoms with van der Waals surface area (Å²) in [6, 6.07) is 14.2. The van der Waals surface area contributed by atoms with Crippen LogP contribution in [0.2, 0.25) is 0 Å². The monoisotopic (exact) mass is 321 g/mol. The van der Waals surface area contributed by atoms with Gasteiger partial charge in [-0.05, 0) is 43.3 Å². The van der Waals surface area contributed by atoms with Crippen LogP contribution in [0.5, 0.6) is 0 Å². The van der Waals surface area contributed by atoms with Gasteiger partial charge >= 0.3 is 5.97 Å². The minimum atomic E-state index is -1.10. The van der Waals surface area contributed by atoms with Crippen molar-refractivity contribution in [3.63, 3.8) is 0 Å². The Morgan fingerprint density at radius 1 is 1.17 bits per heavy atom. The highest BCUT2D eigenvalue weighted by molar-refractivity contribution is 5.96. The maximum absolute atomic E-state index is 13.1. The molecule has 5 nitrogen and oxygen atoms in total. The van der Waals surface area contributed by atoms with Crippen LogP contribution in [-0.4, -0.2) is 20.9 Å². The van der Waals surface area contributed by atoms with Crippen molar-refractivity contribution in [2.24, 2.45) is 0 Å². The molecule has 0 amide bonds. The Kier molecular flexibility index (Phi) is 3.84. The molecule has 0 fully saturated rings. The number of nitriles is 1. The van der Waals surface area contributed by atoms with E-state index in [4.69, 9.17) is 5.26 Å². The highest BCUT2D eigenvalue weighted by Crippen LogP contribution is 2.27. The van der Waals surface area contributed by atoms with E-state index < -0.39 is 5.97 Å². The maximum Gasteiger partial charge on any atom is 0.339 e. The summed E-state index contributed by atoms with van der Waals surface area (Å²) in [6.07, 6.45) is 0. The van der Waals surface area contributed by atoms with Gasteiger partial charge in [-0.15, -0.1) is 0 Å². The number of carboxylic acids is 1. The van der Waals surface area contributed by atoms with Crippen molar-refractivity contribution in [1.82, 2.24) is 9.78 Å². The summed E-state index contributed by atoms with van der Waals surface area (Å²) in [7, 11) is 0. The molecule has 118 valence electrons. The fourth-order valence-corrected chi connectivity index (χ4v) is 2.50. The Bertz CT molecular complexity index is 952. The van der Waals surface area contributed by atoms with Crippen molar-refractivity contribution in [3.05, 3.63) is 71.2 Å². The summed E-state index contributed by atoms with van der Waals surface area (Å²) in [5.41, 5.74) is 2.45. The van der Waals surface area contributed by atoms with Gasteiger partial charge in [-0.1, -0.05) is 12.1 Å². The highest BCUT2D eigenvalue weighted by atomic mass is 19.1. The van der Waals surface area contributed by atoms with E-state index in [1.807, 2.05) is 6.07 Å². The third-order valence-electron chi connectivity index (χ3n) is 3.69. The summed E-state index contributed by atoms with van der Waals surface area (Å²) >= 11 is 0. The van der Waals surface area contributed by atoms with E-state index in [0.29, 0.717) is 28.2 Å². The van der Waals surface area contributed by atoms with Gasteiger partial charge in [0.05, 0.1) is 23.0 Å². The molecule has 24 heavy (non-hydrogen) atoms. The molecule has 0 atom stereocenters. The van der Waals surface area contributed by atoms with Crippen LogP contribution in [0.4, 0.5) is 4.39 Å². The van der Waals surface area contributed by atoms with Crippen LogP contribution in [0.25, 0.3) is 16.9 Å². The van der Waals surface area contributed by atoms with Crippen LogP contribution in [0.15, 0.2) is 48.5 Å². The SMILES string of the molecule is Cc1c(C(=O)O)c(-c2ccc(C#N)cc2)nn1-c1ccc(F)cc1. The van der Waals surface area contributed by atoms with E-state index in [9.17, 15) is 14.3 Å². The number of hydrogen-bond donors (Lipinski definition) is 1. The average Bonchev–Trinajstić information content (AvgIpc) is 2.93. The van der Waals surface area contributed by atoms with Gasteiger partial charge < -0.3 is 5.11 Å². The van der Waals surface area contributed by atoms with E-state index >= 15 is 0 Å². The van der Waals surface area contributed by atoms with Gasteiger partial charge in [0.2, 0.25) is 0 Å². The van der Waals surface area contributed by atoms with Gasteiger partial charge in [-0.3, -0.25) is 0 Å². The minimum Gasteiger partial charge on any atom is -0.478 e. The second kappa shape index (κ2) is 5.97. The fraction of sp³-hybridized carbons (Fsp3) is 0.0556. The Morgan fingerprint density at radius 2 is 1.79 bits per heavy atom. The molecular formula is C18H12FN3O2. The number of aromatic nitrogens is 2. The lowest BCUT2D eigenvalue weighted by molar-refractivity contribution is 0.0697. The highest BCUT2D eigenvalue weighted by Gasteiger charge is 2.22. The first-order valence-electron chi connectivity index (χ1n) is 7.10. The van der Waals surface area contributed by atoms with Crippen molar-refractivity contribution in [2.45, 2.75) is 6.92 Å². The van der Waals surface area contributed by atoms with Gasteiger partial charge in [0.1, 0.15) is 17.1 Å². The first-order chi connectivity index (χ1) is 11.5. The van der Waals surface area contributed by atoms with Crippen LogP contribution in [0.3, 0.4) is 0 Å². The third-order valence-corrected chi connectivity index (χ3v) is 3.69. The Labute approximate surface area is 137 Å². The first-order valence-corrected chi connectivity index (χ1v) is 7.10. The molecule has 0 saturated heterocycles. The van der Waals surface area contributed by atoms with Crippen molar-refractivity contribution < 1.29 is 14.3 Å². The summed E-state index contributed by atoms with van der Waals surface area (Å²) in [6.45, 7) is 1.65. The van der Waals surface area contributed by atoms with Gasteiger partial charge in [-0.2, -0.15) is 10.4 Å². The summed E-state index contributed by atoms with van der Waals surface area (Å²) in [5.74, 6) is -1.48. The Hall–Kier alpha value is -3.46. The van der Waals surface area contributed by atoms with Crippen molar-refractivity contribution >= 4 is 5.97 Å². The van der Waals surface area contributed by atoms with Crippen molar-refractivity contribution in [1.29, 1.82) is 5.26 Å². The number of benzene rings is 2. The second-order valence-electron chi connectivity index (χ2n) is 5.19. The minimum absolute atomic E-state index is 0.0732. The van der Waals surface area contributed by atoms with Crippen LogP contribution >= 0.6 is 0 Å². The molecule has 3 rings (SSSR count). The molecule has 0 spiro atoms. The maximum atomic E-state index is 13.1. The summed E-state index contributed by atoms with van der Waals surface area (Å²) < 4.78 is 14.6. The molecule has 0 unspecified atom stereocenters. The topological polar surface area (TPSA) is 78.9 Å². The Morgan fingerprint density at radius 3 is 2.33 bits per heavy atom. The molecule has 0 saturated carbocycles. The lowest BCUT2D eigenvalue weighted by Crippen LogP contribution is -2.02. The molecule has 0 radical (unpaired) electrons. The zero-order valence-corrected chi connectivity index (χ0v) is 12.7. The molecule has 0 aliphatic carbocycles. The van der Waals surface area contributed by atoms with E-state index in [0.717, 1.165) is 0 Å². The fourth-order valence-electron chi connectivity index (χ4n) is 2.50. The number of carbonyl (C=O) groups is 1. The quantitative estimate of drug-likeness (QED) is 0.800. The lowest BCUT2D eigenvalue weighted by atomic mass is 10.0. The van der Waals surface area contributed by atoms with Crippen LogP contribution in [-0.2, 0) is 0 Å². The second-order valence-corrected chi connectivity index (χ2v) is 5.19. The number of rotatable bonds is 3. The standard InChI is InChI=1S/C18H12FN3O2/c1-11-16(18(23)24)17(13-4-2-12(10-20)3-5-13)21-22(11)15-8-6-14(19)7-9-15/h2-9H,1H3,(H,23,24). The predicted octanol–water partition coefficient (Wildman–Crippen LogP) is 3.56. The molecule has 0 bridgehead atoms. The normalized spacial score (nSPS) is 10.4. The number of nitrogens with zero attached hydrogens (tertiary/aromatic N) is 3. The van der Waals surface area contributed by atoms with Gasteiger partial charge in [0.25, 0.3) is 0 Å². The van der Waals surface area contributed by atoms with E-state index in [1.165, 1.54) is 28.9 Å². The van der Waals surface area contributed by atoms with Crippen LogP contribution < -0.4 is 0 Å². The van der Waals surface area contributed by atoms with Crippen LogP contribution in [0.1, 0.15) is 21.6 Å². The Balaban J connectivity index is 2.18. The largest absolute Gasteiger partial charge is 0.478 e. The summed E-state index contributed by atoms with van der Waals surface area (Å²) in [5, 5.41) is 22.8. The molecule has 1 aromatic heterocycles. The molecular weight excluding hydrogens is 309 g/mol. The van der Waals surface area contributed by atoms with Gasteiger partial charge in [0, 0.05) is 5.56 Å². The predicted molar refractivity (Wildman–Crippen MR) is 85.4 cm³/mol. The molecule has 3 aromatic rings.